The van der Waals surface area contributed by atoms with Crippen molar-refractivity contribution in [2.45, 2.75) is 39.8 Å². The summed E-state index contributed by atoms with van der Waals surface area (Å²) in [6.45, 7) is 8.51. The molecule has 0 radical (unpaired) electrons. The highest BCUT2D eigenvalue weighted by atomic mass is 32.2. The van der Waals surface area contributed by atoms with E-state index < -0.39 is 0 Å². The summed E-state index contributed by atoms with van der Waals surface area (Å²) >= 11 is 1.94. The molecule has 0 aliphatic carbocycles. The van der Waals surface area contributed by atoms with Crippen LogP contribution in [0.3, 0.4) is 0 Å². The molecule has 1 N–H and O–H groups in total. The number of thioether (sulfide) groups is 1. The van der Waals surface area contributed by atoms with Gasteiger partial charge in [0.2, 0.25) is 5.91 Å². The molecule has 0 aromatic heterocycles. The van der Waals surface area contributed by atoms with Crippen LogP contribution in [0.4, 0.5) is 0 Å². The molecule has 0 fully saturated rings. The molecule has 0 saturated heterocycles. The molecule has 0 heterocycles. The second-order valence-corrected chi connectivity index (χ2v) is 6.03. The van der Waals surface area contributed by atoms with E-state index in [1.807, 2.05) is 18.7 Å². The molecular formula is C12H26N2OS. The van der Waals surface area contributed by atoms with Crippen LogP contribution in [0.15, 0.2) is 0 Å². The lowest BCUT2D eigenvalue weighted by Gasteiger charge is -2.22. The van der Waals surface area contributed by atoms with Crippen LogP contribution in [0.25, 0.3) is 0 Å². The van der Waals surface area contributed by atoms with Crippen molar-refractivity contribution in [1.82, 2.24) is 10.2 Å². The lowest BCUT2D eigenvalue weighted by Crippen LogP contribution is -2.46. The minimum Gasteiger partial charge on any atom is -0.347 e. The predicted octanol–water partition coefficient (Wildman–Crippen LogP) is 1.83. The van der Waals surface area contributed by atoms with Crippen molar-refractivity contribution in [2.75, 3.05) is 25.6 Å². The number of hydrogen-bond donors (Lipinski definition) is 1. The summed E-state index contributed by atoms with van der Waals surface area (Å²) in [5.74, 6) is 3.12. The van der Waals surface area contributed by atoms with E-state index in [-0.39, 0.29) is 11.9 Å². The zero-order valence-corrected chi connectivity index (χ0v) is 12.2. The maximum Gasteiger partial charge on any atom is 0.238 e. The van der Waals surface area contributed by atoms with Gasteiger partial charge in [-0.1, -0.05) is 13.8 Å². The van der Waals surface area contributed by atoms with Crippen LogP contribution in [0.5, 0.6) is 0 Å². The van der Waals surface area contributed by atoms with Crippen molar-refractivity contribution in [2.24, 2.45) is 5.92 Å². The van der Waals surface area contributed by atoms with Gasteiger partial charge in [-0.3, -0.25) is 4.79 Å². The second-order valence-electron chi connectivity index (χ2n) is 4.95. The Bertz CT molecular complexity index is 207. The van der Waals surface area contributed by atoms with Crippen molar-refractivity contribution in [3.05, 3.63) is 0 Å². The first-order valence-corrected chi connectivity index (χ1v) is 7.05. The van der Waals surface area contributed by atoms with Gasteiger partial charge < -0.3 is 10.2 Å². The standard InChI is InChI=1S/C12H26N2OS/c1-9(2)7-16-8-10(3)13-11(4)12(15)14(5)6/h9-11,13H,7-8H2,1-6H3/t10?,11-/m1/s1. The first-order valence-electron chi connectivity index (χ1n) is 5.89. The third-order valence-electron chi connectivity index (χ3n) is 2.16. The summed E-state index contributed by atoms with van der Waals surface area (Å²) in [4.78, 5) is 13.2. The lowest BCUT2D eigenvalue weighted by atomic mass is 10.2. The topological polar surface area (TPSA) is 32.3 Å². The summed E-state index contributed by atoms with van der Waals surface area (Å²) in [5.41, 5.74) is 0. The summed E-state index contributed by atoms with van der Waals surface area (Å²) < 4.78 is 0. The van der Waals surface area contributed by atoms with Crippen LogP contribution < -0.4 is 5.32 Å². The van der Waals surface area contributed by atoms with E-state index in [9.17, 15) is 4.79 Å². The number of likely N-dealkylation sites (N-methyl/N-ethyl adjacent to an activating group) is 1. The fraction of sp³-hybridized carbons (Fsp3) is 0.917. The molecule has 1 unspecified atom stereocenters. The molecule has 0 bridgehead atoms. The summed E-state index contributed by atoms with van der Waals surface area (Å²) in [6.07, 6.45) is 0. The predicted molar refractivity (Wildman–Crippen MR) is 72.9 cm³/mol. The minimum atomic E-state index is -0.0929. The molecule has 4 heteroatoms. The molecule has 2 atom stereocenters. The number of rotatable bonds is 7. The molecular weight excluding hydrogens is 220 g/mol. The first kappa shape index (κ1) is 15.8. The highest BCUT2D eigenvalue weighted by molar-refractivity contribution is 7.99. The van der Waals surface area contributed by atoms with Gasteiger partial charge in [-0.25, -0.2) is 0 Å². The van der Waals surface area contributed by atoms with Crippen LogP contribution >= 0.6 is 11.8 Å². The molecule has 1 amide bonds. The van der Waals surface area contributed by atoms with Crippen LogP contribution in [-0.2, 0) is 4.79 Å². The Kier molecular flexibility index (Phi) is 7.85. The van der Waals surface area contributed by atoms with E-state index in [4.69, 9.17) is 0 Å². The SMILES string of the molecule is CC(C)CSCC(C)N[C@H](C)C(=O)N(C)C. The summed E-state index contributed by atoms with van der Waals surface area (Å²) in [6, 6.07) is 0.285. The fourth-order valence-corrected chi connectivity index (χ4v) is 2.47. The average Bonchev–Trinajstić information content (AvgIpc) is 2.15. The largest absolute Gasteiger partial charge is 0.347 e. The molecule has 0 aliphatic rings. The van der Waals surface area contributed by atoms with Crippen molar-refractivity contribution >= 4 is 17.7 Å². The van der Waals surface area contributed by atoms with Gasteiger partial charge in [0.1, 0.15) is 0 Å². The first-order chi connectivity index (χ1) is 7.34. The molecule has 0 aromatic rings. The van der Waals surface area contributed by atoms with Gasteiger partial charge >= 0.3 is 0 Å². The molecule has 0 aromatic carbocycles. The van der Waals surface area contributed by atoms with Crippen LogP contribution in [0, 0.1) is 5.92 Å². The van der Waals surface area contributed by atoms with Gasteiger partial charge in [-0.2, -0.15) is 11.8 Å². The lowest BCUT2D eigenvalue weighted by molar-refractivity contribution is -0.130. The Hall–Kier alpha value is -0.220. The third-order valence-corrected chi connectivity index (χ3v) is 3.80. The fourth-order valence-electron chi connectivity index (χ4n) is 1.41. The summed E-state index contributed by atoms with van der Waals surface area (Å²) in [7, 11) is 3.58. The van der Waals surface area contributed by atoms with Gasteiger partial charge in [0.25, 0.3) is 0 Å². The van der Waals surface area contributed by atoms with E-state index in [1.54, 1.807) is 19.0 Å². The van der Waals surface area contributed by atoms with Crippen molar-refractivity contribution in [3.8, 4) is 0 Å². The van der Waals surface area contributed by atoms with Crippen LogP contribution in [0.1, 0.15) is 27.7 Å². The van der Waals surface area contributed by atoms with Crippen molar-refractivity contribution in [3.63, 3.8) is 0 Å². The van der Waals surface area contributed by atoms with Gasteiger partial charge in [-0.15, -0.1) is 0 Å². The molecule has 16 heavy (non-hydrogen) atoms. The number of carbonyl (C=O) groups excluding carboxylic acids is 1. The van der Waals surface area contributed by atoms with Gasteiger partial charge in [-0.05, 0) is 25.5 Å². The molecule has 3 nitrogen and oxygen atoms in total. The molecule has 96 valence electrons. The summed E-state index contributed by atoms with van der Waals surface area (Å²) in [5, 5.41) is 3.32. The number of carbonyl (C=O) groups is 1. The van der Waals surface area contributed by atoms with Gasteiger partial charge in [0.15, 0.2) is 0 Å². The van der Waals surface area contributed by atoms with E-state index in [0.29, 0.717) is 6.04 Å². The van der Waals surface area contributed by atoms with Crippen LogP contribution in [-0.4, -0.2) is 48.5 Å². The highest BCUT2D eigenvalue weighted by Gasteiger charge is 2.16. The zero-order valence-electron chi connectivity index (χ0n) is 11.4. The van der Waals surface area contributed by atoms with E-state index in [2.05, 4.69) is 26.1 Å². The number of hydrogen-bond acceptors (Lipinski definition) is 3. The quantitative estimate of drug-likeness (QED) is 0.744. The van der Waals surface area contributed by atoms with E-state index in [1.165, 1.54) is 5.75 Å². The maximum absolute atomic E-state index is 11.6. The molecule has 0 aliphatic heterocycles. The second kappa shape index (κ2) is 7.96. The Morgan fingerprint density at radius 2 is 1.75 bits per heavy atom. The molecule has 0 saturated carbocycles. The minimum absolute atomic E-state index is 0.0929. The normalized spacial score (nSPS) is 14.9. The van der Waals surface area contributed by atoms with Crippen LogP contribution in [0.2, 0.25) is 0 Å². The number of nitrogens with zero attached hydrogens (tertiary/aromatic N) is 1. The van der Waals surface area contributed by atoms with E-state index >= 15 is 0 Å². The Balaban J connectivity index is 3.78. The molecule has 0 rings (SSSR count). The molecule has 0 spiro atoms. The average molecular weight is 246 g/mol. The monoisotopic (exact) mass is 246 g/mol. The smallest absolute Gasteiger partial charge is 0.238 e. The zero-order chi connectivity index (χ0) is 12.7. The Morgan fingerprint density at radius 1 is 1.19 bits per heavy atom. The van der Waals surface area contributed by atoms with Gasteiger partial charge in [0.05, 0.1) is 6.04 Å². The number of amides is 1. The third kappa shape index (κ3) is 7.12. The van der Waals surface area contributed by atoms with Gasteiger partial charge in [0, 0.05) is 25.9 Å². The Morgan fingerprint density at radius 3 is 2.19 bits per heavy atom. The van der Waals surface area contributed by atoms with Crippen molar-refractivity contribution in [1.29, 1.82) is 0 Å². The van der Waals surface area contributed by atoms with Crippen molar-refractivity contribution < 1.29 is 4.79 Å². The maximum atomic E-state index is 11.6. The Labute approximate surface area is 104 Å². The highest BCUT2D eigenvalue weighted by Crippen LogP contribution is 2.09. The number of nitrogens with one attached hydrogen (secondary N) is 1. The van der Waals surface area contributed by atoms with E-state index in [0.717, 1.165) is 11.7 Å².